The van der Waals surface area contributed by atoms with Gasteiger partial charge in [0, 0.05) is 29.7 Å². The van der Waals surface area contributed by atoms with Gasteiger partial charge in [-0.25, -0.2) is 0 Å². The third kappa shape index (κ3) is 2.21. The molecule has 1 aliphatic rings. The first-order valence-corrected chi connectivity index (χ1v) is 7.56. The average molecular weight is 270 g/mol. The number of carbonyl (C=O) groups excluding carboxylic acids is 1. The summed E-state index contributed by atoms with van der Waals surface area (Å²) in [5.74, 6) is 0.767. The first kappa shape index (κ1) is 13.2. The number of benzene rings is 1. The Morgan fingerprint density at radius 2 is 2.10 bits per heavy atom. The van der Waals surface area contributed by atoms with E-state index in [2.05, 4.69) is 41.9 Å². The molecule has 1 aliphatic heterocycles. The van der Waals surface area contributed by atoms with Gasteiger partial charge in [-0.15, -0.1) is 0 Å². The van der Waals surface area contributed by atoms with Crippen LogP contribution in [0.2, 0.25) is 0 Å². The first-order valence-electron chi connectivity index (χ1n) is 7.56. The molecule has 0 atom stereocenters. The molecule has 0 radical (unpaired) electrons. The van der Waals surface area contributed by atoms with Crippen LogP contribution in [0.15, 0.2) is 24.3 Å². The summed E-state index contributed by atoms with van der Waals surface area (Å²) in [5.41, 5.74) is 3.33. The maximum Gasteiger partial charge on any atom is 0.253 e. The molecule has 106 valence electrons. The Morgan fingerprint density at radius 1 is 1.30 bits per heavy atom. The van der Waals surface area contributed by atoms with Crippen LogP contribution in [0, 0.1) is 5.92 Å². The van der Waals surface area contributed by atoms with Gasteiger partial charge >= 0.3 is 0 Å². The molecule has 0 spiro atoms. The van der Waals surface area contributed by atoms with E-state index < -0.39 is 0 Å². The van der Waals surface area contributed by atoms with E-state index in [0.29, 0.717) is 5.92 Å². The van der Waals surface area contributed by atoms with E-state index in [0.717, 1.165) is 43.3 Å². The van der Waals surface area contributed by atoms with Crippen molar-refractivity contribution in [3.8, 4) is 0 Å². The number of amides is 1. The normalized spacial score (nSPS) is 15.2. The van der Waals surface area contributed by atoms with E-state index in [1.807, 2.05) is 6.07 Å². The zero-order valence-electron chi connectivity index (χ0n) is 12.3. The van der Waals surface area contributed by atoms with Gasteiger partial charge in [0.25, 0.3) is 5.91 Å². The van der Waals surface area contributed by atoms with E-state index in [-0.39, 0.29) is 5.91 Å². The average Bonchev–Trinajstić information content (AvgIpc) is 2.62. The first-order chi connectivity index (χ1) is 9.68. The Bertz CT molecular complexity index is 640. The summed E-state index contributed by atoms with van der Waals surface area (Å²) < 4.78 is 2.37. The van der Waals surface area contributed by atoms with Crippen molar-refractivity contribution in [1.82, 2.24) is 9.88 Å². The predicted molar refractivity (Wildman–Crippen MR) is 82.0 cm³/mol. The SMILES string of the molecule is CC(C)CCn1c2c(c3ccccc31)C(=O)NCCC2. The van der Waals surface area contributed by atoms with Crippen molar-refractivity contribution in [3.63, 3.8) is 0 Å². The predicted octanol–water partition coefficient (Wildman–Crippen LogP) is 3.36. The van der Waals surface area contributed by atoms with Crippen LogP contribution in [-0.4, -0.2) is 17.0 Å². The summed E-state index contributed by atoms with van der Waals surface area (Å²) in [6, 6.07) is 8.29. The van der Waals surface area contributed by atoms with Gasteiger partial charge < -0.3 is 9.88 Å². The number of aryl methyl sites for hydroxylation is 1. The second-order valence-corrected chi connectivity index (χ2v) is 6.03. The Hall–Kier alpha value is -1.77. The molecule has 0 aliphatic carbocycles. The number of nitrogens with one attached hydrogen (secondary N) is 1. The highest BCUT2D eigenvalue weighted by Gasteiger charge is 2.23. The summed E-state index contributed by atoms with van der Waals surface area (Å²) >= 11 is 0. The second kappa shape index (κ2) is 5.31. The third-order valence-electron chi connectivity index (χ3n) is 4.11. The van der Waals surface area contributed by atoms with Crippen LogP contribution in [0.25, 0.3) is 10.9 Å². The minimum Gasteiger partial charge on any atom is -0.352 e. The molecule has 3 heteroatoms. The van der Waals surface area contributed by atoms with Crippen molar-refractivity contribution < 1.29 is 4.79 Å². The summed E-state index contributed by atoms with van der Waals surface area (Å²) in [6.07, 6.45) is 3.16. The van der Waals surface area contributed by atoms with E-state index in [1.54, 1.807) is 0 Å². The molecule has 1 aromatic heterocycles. The van der Waals surface area contributed by atoms with Crippen LogP contribution >= 0.6 is 0 Å². The number of hydrogen-bond acceptors (Lipinski definition) is 1. The van der Waals surface area contributed by atoms with Crippen LogP contribution in [0.5, 0.6) is 0 Å². The molecular formula is C17H22N2O. The quantitative estimate of drug-likeness (QED) is 0.911. The second-order valence-electron chi connectivity index (χ2n) is 6.03. The molecule has 1 amide bonds. The highest BCUT2D eigenvalue weighted by atomic mass is 16.1. The van der Waals surface area contributed by atoms with Gasteiger partial charge in [0.15, 0.2) is 0 Å². The number of rotatable bonds is 3. The van der Waals surface area contributed by atoms with Crippen LogP contribution in [-0.2, 0) is 13.0 Å². The molecule has 1 aromatic carbocycles. The van der Waals surface area contributed by atoms with Crippen LogP contribution < -0.4 is 5.32 Å². The lowest BCUT2D eigenvalue weighted by Crippen LogP contribution is -2.22. The van der Waals surface area contributed by atoms with Crippen LogP contribution in [0.3, 0.4) is 0 Å². The molecule has 1 N–H and O–H groups in total. The van der Waals surface area contributed by atoms with Gasteiger partial charge in [0.05, 0.1) is 5.56 Å². The zero-order chi connectivity index (χ0) is 14.1. The van der Waals surface area contributed by atoms with Crippen molar-refractivity contribution in [3.05, 3.63) is 35.5 Å². The highest BCUT2D eigenvalue weighted by molar-refractivity contribution is 6.08. The largest absolute Gasteiger partial charge is 0.352 e. The summed E-state index contributed by atoms with van der Waals surface area (Å²) in [6.45, 7) is 6.28. The fourth-order valence-corrected chi connectivity index (χ4v) is 3.06. The van der Waals surface area contributed by atoms with Crippen LogP contribution in [0.1, 0.15) is 42.7 Å². The van der Waals surface area contributed by atoms with Crippen molar-refractivity contribution in [1.29, 1.82) is 0 Å². The van der Waals surface area contributed by atoms with E-state index >= 15 is 0 Å². The number of fused-ring (bicyclic) bond motifs is 3. The van der Waals surface area contributed by atoms with Gasteiger partial charge in [-0.1, -0.05) is 32.0 Å². The molecule has 0 bridgehead atoms. The standard InChI is InChI=1S/C17H22N2O/c1-12(2)9-11-19-14-7-4-3-6-13(14)16-15(19)8-5-10-18-17(16)20/h3-4,6-7,12H,5,8-11H2,1-2H3,(H,18,20). The maximum absolute atomic E-state index is 12.3. The summed E-state index contributed by atoms with van der Waals surface area (Å²) in [4.78, 5) is 12.3. The molecule has 2 aromatic rings. The van der Waals surface area contributed by atoms with Gasteiger partial charge in [0.1, 0.15) is 0 Å². The zero-order valence-corrected chi connectivity index (χ0v) is 12.3. The van der Waals surface area contributed by atoms with Gasteiger partial charge in [-0.2, -0.15) is 0 Å². The summed E-state index contributed by atoms with van der Waals surface area (Å²) in [7, 11) is 0. The Kier molecular flexibility index (Phi) is 3.51. The molecule has 3 nitrogen and oxygen atoms in total. The number of nitrogens with zero attached hydrogens (tertiary/aromatic N) is 1. The van der Waals surface area contributed by atoms with E-state index in [1.165, 1.54) is 11.2 Å². The highest BCUT2D eigenvalue weighted by Crippen LogP contribution is 2.29. The fourth-order valence-electron chi connectivity index (χ4n) is 3.06. The Morgan fingerprint density at radius 3 is 2.90 bits per heavy atom. The molecule has 0 fully saturated rings. The maximum atomic E-state index is 12.3. The number of para-hydroxylation sites is 1. The number of aromatic nitrogens is 1. The molecule has 0 saturated carbocycles. The Balaban J connectivity index is 2.17. The van der Waals surface area contributed by atoms with Gasteiger partial charge in [-0.05, 0) is 31.2 Å². The third-order valence-corrected chi connectivity index (χ3v) is 4.11. The molecular weight excluding hydrogens is 248 g/mol. The van der Waals surface area contributed by atoms with E-state index in [4.69, 9.17) is 0 Å². The lowest BCUT2D eigenvalue weighted by atomic mass is 10.1. The van der Waals surface area contributed by atoms with Crippen LogP contribution in [0.4, 0.5) is 0 Å². The van der Waals surface area contributed by atoms with E-state index in [9.17, 15) is 4.79 Å². The Labute approximate surface area is 120 Å². The molecule has 0 unspecified atom stereocenters. The topological polar surface area (TPSA) is 34.0 Å². The number of hydrogen-bond donors (Lipinski definition) is 1. The molecule has 2 heterocycles. The van der Waals surface area contributed by atoms with Crippen molar-refractivity contribution in [2.24, 2.45) is 5.92 Å². The lowest BCUT2D eigenvalue weighted by Gasteiger charge is -2.12. The van der Waals surface area contributed by atoms with Crippen molar-refractivity contribution in [2.75, 3.05) is 6.54 Å². The monoisotopic (exact) mass is 270 g/mol. The smallest absolute Gasteiger partial charge is 0.253 e. The number of carbonyl (C=O) groups is 1. The van der Waals surface area contributed by atoms with Gasteiger partial charge in [0.2, 0.25) is 0 Å². The molecule has 3 rings (SSSR count). The fraction of sp³-hybridized carbons (Fsp3) is 0.471. The summed E-state index contributed by atoms with van der Waals surface area (Å²) in [5, 5.41) is 4.12. The van der Waals surface area contributed by atoms with Crippen molar-refractivity contribution >= 4 is 16.8 Å². The lowest BCUT2D eigenvalue weighted by molar-refractivity contribution is 0.0957. The molecule has 20 heavy (non-hydrogen) atoms. The minimum atomic E-state index is 0.0944. The van der Waals surface area contributed by atoms with Crippen molar-refractivity contribution in [2.45, 2.75) is 39.7 Å². The molecule has 0 saturated heterocycles. The van der Waals surface area contributed by atoms with Gasteiger partial charge in [-0.3, -0.25) is 4.79 Å². The minimum absolute atomic E-state index is 0.0944.